The van der Waals surface area contributed by atoms with Crippen molar-refractivity contribution in [3.63, 3.8) is 0 Å². The molecule has 1 amide bonds. The predicted octanol–water partition coefficient (Wildman–Crippen LogP) is 1.29. The molecule has 1 atom stereocenters. The van der Waals surface area contributed by atoms with Gasteiger partial charge in [-0.2, -0.15) is 0 Å². The molecular weight excluding hydrogens is 268 g/mol. The Kier molecular flexibility index (Phi) is 4.85. The molecule has 0 bridgehead atoms. The van der Waals surface area contributed by atoms with E-state index in [0.717, 1.165) is 19.4 Å². The first-order valence-electron chi connectivity index (χ1n) is 6.45. The quantitative estimate of drug-likeness (QED) is 0.907. The van der Waals surface area contributed by atoms with Crippen molar-refractivity contribution in [3.05, 3.63) is 23.0 Å². The summed E-state index contributed by atoms with van der Waals surface area (Å²) < 4.78 is 7.25. The van der Waals surface area contributed by atoms with Gasteiger partial charge in [0.1, 0.15) is 5.69 Å². The Hall–Kier alpha value is -1.04. The Bertz CT molecular complexity index is 447. The molecule has 0 saturated carbocycles. The number of rotatable bonds is 4. The molecule has 1 unspecified atom stereocenters. The van der Waals surface area contributed by atoms with Crippen molar-refractivity contribution in [2.45, 2.75) is 18.9 Å². The molecule has 2 rings (SSSR count). The number of hydrogen-bond donors (Lipinski definition) is 1. The molecule has 0 aromatic carbocycles. The van der Waals surface area contributed by atoms with Gasteiger partial charge in [-0.25, -0.2) is 0 Å². The SMILES string of the molecule is Cn1cc(Cl)cc1C(=O)N1CCCC(OCCO)C1. The van der Waals surface area contributed by atoms with E-state index in [4.69, 9.17) is 21.4 Å². The summed E-state index contributed by atoms with van der Waals surface area (Å²) in [6, 6.07) is 1.68. The second-order valence-electron chi connectivity index (χ2n) is 4.76. The van der Waals surface area contributed by atoms with Gasteiger partial charge in [0.2, 0.25) is 0 Å². The molecule has 0 aliphatic carbocycles. The molecule has 1 aliphatic rings. The number of aryl methyl sites for hydroxylation is 1. The minimum Gasteiger partial charge on any atom is -0.394 e. The van der Waals surface area contributed by atoms with Crippen LogP contribution in [0.15, 0.2) is 12.3 Å². The van der Waals surface area contributed by atoms with Crippen molar-refractivity contribution < 1.29 is 14.6 Å². The Morgan fingerprint density at radius 2 is 2.42 bits per heavy atom. The number of ether oxygens (including phenoxy) is 1. The number of carbonyl (C=O) groups excluding carboxylic acids is 1. The summed E-state index contributed by atoms with van der Waals surface area (Å²) in [6.07, 6.45) is 3.58. The summed E-state index contributed by atoms with van der Waals surface area (Å²) in [6.45, 7) is 1.64. The minimum absolute atomic E-state index is 0.0118. The number of halogens is 1. The zero-order valence-corrected chi connectivity index (χ0v) is 11.8. The fourth-order valence-electron chi connectivity index (χ4n) is 2.38. The molecule has 1 aliphatic heterocycles. The van der Waals surface area contributed by atoms with E-state index >= 15 is 0 Å². The Balaban J connectivity index is 2.01. The van der Waals surface area contributed by atoms with Crippen molar-refractivity contribution in [1.29, 1.82) is 0 Å². The summed E-state index contributed by atoms with van der Waals surface area (Å²) >= 11 is 5.90. The van der Waals surface area contributed by atoms with E-state index in [0.29, 0.717) is 23.9 Å². The first-order valence-corrected chi connectivity index (χ1v) is 6.83. The molecule has 1 saturated heterocycles. The van der Waals surface area contributed by atoms with Crippen LogP contribution in [0, 0.1) is 0 Å². The van der Waals surface area contributed by atoms with Gasteiger partial charge >= 0.3 is 0 Å². The van der Waals surface area contributed by atoms with E-state index in [9.17, 15) is 4.79 Å². The van der Waals surface area contributed by atoms with Gasteiger partial charge in [-0.1, -0.05) is 11.6 Å². The third-order valence-corrected chi connectivity index (χ3v) is 3.51. The van der Waals surface area contributed by atoms with Crippen LogP contribution in [-0.2, 0) is 11.8 Å². The van der Waals surface area contributed by atoms with Crippen LogP contribution in [0.3, 0.4) is 0 Å². The summed E-state index contributed by atoms with van der Waals surface area (Å²) in [5, 5.41) is 9.33. The van der Waals surface area contributed by atoms with E-state index in [1.165, 1.54) is 0 Å². The number of likely N-dealkylation sites (tertiary alicyclic amines) is 1. The molecule has 19 heavy (non-hydrogen) atoms. The lowest BCUT2D eigenvalue weighted by atomic mass is 10.1. The van der Waals surface area contributed by atoms with Gasteiger partial charge in [0.05, 0.1) is 24.3 Å². The lowest BCUT2D eigenvalue weighted by Crippen LogP contribution is -2.44. The minimum atomic E-state index is -0.0216. The standard InChI is InChI=1S/C13H19ClN2O3/c1-15-8-10(14)7-12(15)13(18)16-4-2-3-11(9-16)19-6-5-17/h7-8,11,17H,2-6,9H2,1H3. The van der Waals surface area contributed by atoms with E-state index < -0.39 is 0 Å². The zero-order chi connectivity index (χ0) is 13.8. The number of nitrogens with zero attached hydrogens (tertiary/aromatic N) is 2. The molecule has 1 aromatic rings. The lowest BCUT2D eigenvalue weighted by Gasteiger charge is -2.32. The maximum Gasteiger partial charge on any atom is 0.270 e. The smallest absolute Gasteiger partial charge is 0.270 e. The summed E-state index contributed by atoms with van der Waals surface area (Å²) in [5.41, 5.74) is 0.591. The number of aliphatic hydroxyl groups excluding tert-OH is 1. The van der Waals surface area contributed by atoms with Crippen molar-refractivity contribution in [2.24, 2.45) is 7.05 Å². The molecule has 0 radical (unpaired) electrons. The van der Waals surface area contributed by atoms with E-state index in [1.807, 2.05) is 7.05 Å². The zero-order valence-electron chi connectivity index (χ0n) is 11.0. The van der Waals surface area contributed by atoms with Crippen molar-refractivity contribution in [3.8, 4) is 0 Å². The third kappa shape index (κ3) is 3.49. The summed E-state index contributed by atoms with van der Waals surface area (Å²) in [4.78, 5) is 14.2. The topological polar surface area (TPSA) is 54.7 Å². The number of aliphatic hydroxyl groups is 1. The number of amides is 1. The monoisotopic (exact) mass is 286 g/mol. The first kappa shape index (κ1) is 14.4. The Labute approximate surface area is 117 Å². The highest BCUT2D eigenvalue weighted by Crippen LogP contribution is 2.19. The molecule has 1 aromatic heterocycles. The molecule has 2 heterocycles. The Morgan fingerprint density at radius 3 is 3.05 bits per heavy atom. The van der Waals surface area contributed by atoms with E-state index in [1.54, 1.807) is 21.7 Å². The van der Waals surface area contributed by atoms with E-state index in [2.05, 4.69) is 0 Å². The second-order valence-corrected chi connectivity index (χ2v) is 5.20. The predicted molar refractivity (Wildman–Crippen MR) is 72.4 cm³/mol. The molecule has 5 nitrogen and oxygen atoms in total. The lowest BCUT2D eigenvalue weighted by molar-refractivity contribution is -0.0112. The average molecular weight is 287 g/mol. The number of hydrogen-bond acceptors (Lipinski definition) is 3. The van der Waals surface area contributed by atoms with Crippen LogP contribution in [0.1, 0.15) is 23.3 Å². The molecular formula is C13H19ClN2O3. The van der Waals surface area contributed by atoms with Gasteiger partial charge in [0, 0.05) is 26.3 Å². The van der Waals surface area contributed by atoms with Crippen LogP contribution in [0.25, 0.3) is 0 Å². The fourth-order valence-corrected chi connectivity index (χ4v) is 2.63. The third-order valence-electron chi connectivity index (χ3n) is 3.30. The first-order chi connectivity index (χ1) is 9.11. The van der Waals surface area contributed by atoms with Gasteiger partial charge < -0.3 is 19.3 Å². The van der Waals surface area contributed by atoms with Crippen LogP contribution >= 0.6 is 11.6 Å². The normalized spacial score (nSPS) is 19.7. The second kappa shape index (κ2) is 6.41. The van der Waals surface area contributed by atoms with Gasteiger partial charge in [0.25, 0.3) is 5.91 Å². The molecule has 1 N–H and O–H groups in total. The molecule has 106 valence electrons. The van der Waals surface area contributed by atoms with E-state index in [-0.39, 0.29) is 18.6 Å². The van der Waals surface area contributed by atoms with Crippen LogP contribution < -0.4 is 0 Å². The van der Waals surface area contributed by atoms with Crippen molar-refractivity contribution in [2.75, 3.05) is 26.3 Å². The maximum absolute atomic E-state index is 12.4. The van der Waals surface area contributed by atoms with Crippen LogP contribution in [0.4, 0.5) is 0 Å². The molecule has 6 heteroatoms. The highest BCUT2D eigenvalue weighted by molar-refractivity contribution is 6.31. The molecule has 1 fully saturated rings. The van der Waals surface area contributed by atoms with Crippen molar-refractivity contribution in [1.82, 2.24) is 9.47 Å². The highest BCUT2D eigenvalue weighted by atomic mass is 35.5. The molecule has 0 spiro atoms. The number of aromatic nitrogens is 1. The Morgan fingerprint density at radius 1 is 1.63 bits per heavy atom. The number of carbonyl (C=O) groups is 1. The van der Waals surface area contributed by atoms with Gasteiger partial charge in [0.15, 0.2) is 0 Å². The van der Waals surface area contributed by atoms with Gasteiger partial charge in [-0.3, -0.25) is 4.79 Å². The average Bonchev–Trinajstić information content (AvgIpc) is 2.75. The highest BCUT2D eigenvalue weighted by Gasteiger charge is 2.26. The largest absolute Gasteiger partial charge is 0.394 e. The van der Waals surface area contributed by atoms with Crippen molar-refractivity contribution >= 4 is 17.5 Å². The fraction of sp³-hybridized carbons (Fsp3) is 0.615. The van der Waals surface area contributed by atoms with Crippen LogP contribution in [0.2, 0.25) is 5.02 Å². The van der Waals surface area contributed by atoms with Gasteiger partial charge in [-0.05, 0) is 18.9 Å². The van der Waals surface area contributed by atoms with Crippen LogP contribution in [0.5, 0.6) is 0 Å². The summed E-state index contributed by atoms with van der Waals surface area (Å²) in [7, 11) is 1.81. The van der Waals surface area contributed by atoms with Gasteiger partial charge in [-0.15, -0.1) is 0 Å². The van der Waals surface area contributed by atoms with Crippen LogP contribution in [-0.4, -0.2) is 52.9 Å². The summed E-state index contributed by atoms with van der Waals surface area (Å²) in [5.74, 6) is -0.0216. The number of piperidine rings is 1. The maximum atomic E-state index is 12.4.